The number of aryl methyl sites for hydroxylation is 1. The second-order valence-electron chi connectivity index (χ2n) is 6.13. The predicted molar refractivity (Wildman–Crippen MR) is 85.3 cm³/mol. The van der Waals surface area contributed by atoms with Gasteiger partial charge in [0.25, 0.3) is 0 Å². The molecular weight excluding hydrogens is 282 g/mol. The largest absolute Gasteiger partial charge is 0.339 e. The smallest absolute Gasteiger partial charge is 0.233 e. The average molecular weight is 307 g/mol. The summed E-state index contributed by atoms with van der Waals surface area (Å²) in [5.74, 6) is 1.60. The molecule has 1 saturated heterocycles. The van der Waals surface area contributed by atoms with Crippen molar-refractivity contribution in [1.29, 1.82) is 0 Å². The number of thioether (sulfide) groups is 1. The number of hydrogen-bond acceptors (Lipinski definition) is 3. The summed E-state index contributed by atoms with van der Waals surface area (Å²) in [5.41, 5.74) is 0. The Morgan fingerprint density at radius 2 is 2.14 bits per heavy atom. The van der Waals surface area contributed by atoms with E-state index in [1.165, 1.54) is 38.5 Å². The third kappa shape index (κ3) is 3.28. The summed E-state index contributed by atoms with van der Waals surface area (Å²) >= 11 is 1.58. The highest BCUT2D eigenvalue weighted by Gasteiger charge is 2.35. The molecule has 4 nitrogen and oxygen atoms in total. The maximum absolute atomic E-state index is 12.6. The Kier molecular flexibility index (Phi) is 4.88. The Morgan fingerprint density at radius 3 is 3.00 bits per heavy atom. The SMILES string of the molecule is CCn1ccnc1SCC(=O)N1CCCC2CCCCC21. The van der Waals surface area contributed by atoms with Gasteiger partial charge in [0, 0.05) is 31.5 Å². The minimum Gasteiger partial charge on any atom is -0.339 e. The number of imidazole rings is 1. The van der Waals surface area contributed by atoms with Gasteiger partial charge in [0.1, 0.15) is 0 Å². The van der Waals surface area contributed by atoms with Gasteiger partial charge in [0.05, 0.1) is 5.75 Å². The van der Waals surface area contributed by atoms with Crippen LogP contribution in [0.2, 0.25) is 0 Å². The molecule has 1 aromatic rings. The van der Waals surface area contributed by atoms with Crippen molar-refractivity contribution in [2.45, 2.75) is 63.2 Å². The van der Waals surface area contributed by atoms with Crippen LogP contribution in [-0.4, -0.2) is 38.7 Å². The summed E-state index contributed by atoms with van der Waals surface area (Å²) in [6.45, 7) is 3.97. The van der Waals surface area contributed by atoms with Crippen molar-refractivity contribution in [3.8, 4) is 0 Å². The lowest BCUT2D eigenvalue weighted by Gasteiger charge is -2.44. The van der Waals surface area contributed by atoms with Gasteiger partial charge in [-0.1, -0.05) is 24.6 Å². The van der Waals surface area contributed by atoms with Gasteiger partial charge in [-0.25, -0.2) is 4.98 Å². The summed E-state index contributed by atoms with van der Waals surface area (Å²) in [4.78, 5) is 19.1. The van der Waals surface area contributed by atoms with Crippen LogP contribution in [0.1, 0.15) is 45.4 Å². The number of carbonyl (C=O) groups is 1. The summed E-state index contributed by atoms with van der Waals surface area (Å²) in [5, 5.41) is 0.961. The average Bonchev–Trinajstić information content (AvgIpc) is 2.99. The standard InChI is InChI=1S/C16H25N3OS/c1-2-18-11-9-17-16(18)21-12-15(20)19-10-5-7-13-6-3-4-8-14(13)19/h9,11,13-14H,2-8,10,12H2,1H3. The molecular formula is C16H25N3OS. The van der Waals surface area contributed by atoms with E-state index in [0.717, 1.165) is 24.2 Å². The Bertz CT molecular complexity index is 486. The number of amides is 1. The van der Waals surface area contributed by atoms with E-state index in [0.29, 0.717) is 17.7 Å². The lowest BCUT2D eigenvalue weighted by molar-refractivity contribution is -0.134. The maximum Gasteiger partial charge on any atom is 0.233 e. The number of likely N-dealkylation sites (tertiary alicyclic amines) is 1. The van der Waals surface area contributed by atoms with Gasteiger partial charge in [-0.3, -0.25) is 4.79 Å². The van der Waals surface area contributed by atoms with Crippen molar-refractivity contribution < 1.29 is 4.79 Å². The van der Waals surface area contributed by atoms with Crippen LogP contribution in [0.25, 0.3) is 0 Å². The van der Waals surface area contributed by atoms with Crippen molar-refractivity contribution in [1.82, 2.24) is 14.5 Å². The lowest BCUT2D eigenvalue weighted by Crippen LogP contribution is -2.50. The lowest BCUT2D eigenvalue weighted by atomic mass is 9.78. The molecule has 2 aliphatic rings. The number of aromatic nitrogens is 2. The van der Waals surface area contributed by atoms with Crippen LogP contribution >= 0.6 is 11.8 Å². The van der Waals surface area contributed by atoms with Crippen molar-refractivity contribution >= 4 is 17.7 Å². The van der Waals surface area contributed by atoms with E-state index in [2.05, 4.69) is 21.4 Å². The third-order valence-corrected chi connectivity index (χ3v) is 5.90. The molecule has 0 spiro atoms. The molecule has 1 aliphatic heterocycles. The molecule has 0 bridgehead atoms. The molecule has 1 aliphatic carbocycles. The van der Waals surface area contributed by atoms with E-state index in [9.17, 15) is 4.79 Å². The van der Waals surface area contributed by atoms with Crippen molar-refractivity contribution in [2.24, 2.45) is 5.92 Å². The van der Waals surface area contributed by atoms with Crippen LogP contribution in [0.5, 0.6) is 0 Å². The highest BCUT2D eigenvalue weighted by molar-refractivity contribution is 7.99. The first kappa shape index (κ1) is 14.9. The highest BCUT2D eigenvalue weighted by Crippen LogP contribution is 2.35. The number of fused-ring (bicyclic) bond motifs is 1. The predicted octanol–water partition coefficient (Wildman–Crippen LogP) is 3.18. The molecule has 1 amide bonds. The van der Waals surface area contributed by atoms with E-state index in [1.807, 2.05) is 12.4 Å². The number of rotatable bonds is 4. The Balaban J connectivity index is 1.59. The zero-order chi connectivity index (χ0) is 14.7. The van der Waals surface area contributed by atoms with Crippen molar-refractivity contribution in [2.75, 3.05) is 12.3 Å². The second-order valence-corrected chi connectivity index (χ2v) is 7.07. The zero-order valence-corrected chi connectivity index (χ0v) is 13.6. The normalized spacial score (nSPS) is 25.7. The van der Waals surface area contributed by atoms with Crippen LogP contribution in [0.3, 0.4) is 0 Å². The molecule has 0 N–H and O–H groups in total. The monoisotopic (exact) mass is 307 g/mol. The van der Waals surface area contributed by atoms with Crippen LogP contribution in [0.4, 0.5) is 0 Å². The molecule has 2 atom stereocenters. The van der Waals surface area contributed by atoms with Crippen LogP contribution in [-0.2, 0) is 11.3 Å². The Labute approximate surface area is 131 Å². The summed E-state index contributed by atoms with van der Waals surface area (Å²) < 4.78 is 2.09. The van der Waals surface area contributed by atoms with Crippen LogP contribution in [0.15, 0.2) is 17.6 Å². The molecule has 0 radical (unpaired) electrons. The molecule has 2 heterocycles. The zero-order valence-electron chi connectivity index (χ0n) is 12.8. The van der Waals surface area contributed by atoms with E-state index in [1.54, 1.807) is 11.8 Å². The van der Waals surface area contributed by atoms with E-state index < -0.39 is 0 Å². The first-order chi connectivity index (χ1) is 10.3. The number of carbonyl (C=O) groups excluding carboxylic acids is 1. The number of piperidine rings is 1. The second kappa shape index (κ2) is 6.86. The quantitative estimate of drug-likeness (QED) is 0.802. The van der Waals surface area contributed by atoms with Gasteiger partial charge >= 0.3 is 0 Å². The molecule has 0 aromatic carbocycles. The van der Waals surface area contributed by atoms with Gasteiger partial charge in [-0.05, 0) is 38.5 Å². The molecule has 116 valence electrons. The molecule has 3 rings (SSSR count). The number of hydrogen-bond donors (Lipinski definition) is 0. The van der Waals surface area contributed by atoms with Crippen LogP contribution < -0.4 is 0 Å². The van der Waals surface area contributed by atoms with Gasteiger partial charge < -0.3 is 9.47 Å². The fraction of sp³-hybridized carbons (Fsp3) is 0.750. The summed E-state index contributed by atoms with van der Waals surface area (Å²) in [7, 11) is 0. The molecule has 5 heteroatoms. The highest BCUT2D eigenvalue weighted by atomic mass is 32.2. The molecule has 1 saturated carbocycles. The van der Waals surface area contributed by atoms with Gasteiger partial charge in [0.15, 0.2) is 5.16 Å². The minimum atomic E-state index is 0.308. The van der Waals surface area contributed by atoms with Gasteiger partial charge in [0.2, 0.25) is 5.91 Å². The van der Waals surface area contributed by atoms with E-state index >= 15 is 0 Å². The van der Waals surface area contributed by atoms with E-state index in [-0.39, 0.29) is 0 Å². The van der Waals surface area contributed by atoms with Crippen molar-refractivity contribution in [3.63, 3.8) is 0 Å². The minimum absolute atomic E-state index is 0.308. The first-order valence-corrected chi connectivity index (χ1v) is 9.21. The molecule has 2 unspecified atom stereocenters. The topological polar surface area (TPSA) is 38.1 Å². The Morgan fingerprint density at radius 1 is 1.33 bits per heavy atom. The summed E-state index contributed by atoms with van der Waals surface area (Å²) in [6.07, 6.45) is 11.5. The fourth-order valence-electron chi connectivity index (χ4n) is 3.82. The summed E-state index contributed by atoms with van der Waals surface area (Å²) in [6, 6.07) is 0.520. The van der Waals surface area contributed by atoms with E-state index in [4.69, 9.17) is 0 Å². The van der Waals surface area contributed by atoms with Gasteiger partial charge in [-0.15, -0.1) is 0 Å². The van der Waals surface area contributed by atoms with Crippen molar-refractivity contribution in [3.05, 3.63) is 12.4 Å². The van der Waals surface area contributed by atoms with Gasteiger partial charge in [-0.2, -0.15) is 0 Å². The first-order valence-electron chi connectivity index (χ1n) is 8.23. The third-order valence-electron chi connectivity index (χ3n) is 4.91. The Hall–Kier alpha value is -0.970. The molecule has 1 aromatic heterocycles. The fourth-order valence-corrected chi connectivity index (χ4v) is 4.73. The number of nitrogens with zero attached hydrogens (tertiary/aromatic N) is 3. The molecule has 21 heavy (non-hydrogen) atoms. The molecule has 2 fully saturated rings. The van der Waals surface area contributed by atoms with Crippen LogP contribution in [0, 0.1) is 5.92 Å². The maximum atomic E-state index is 12.6.